The van der Waals surface area contributed by atoms with Gasteiger partial charge in [0.15, 0.2) is 0 Å². The van der Waals surface area contributed by atoms with Crippen LogP contribution in [-0.2, 0) is 10.2 Å². The zero-order chi connectivity index (χ0) is 25.1. The maximum Gasteiger partial charge on any atom is 0.259 e. The zero-order valence-corrected chi connectivity index (χ0v) is 20.8. The Bertz CT molecular complexity index is 1140. The van der Waals surface area contributed by atoms with E-state index in [4.69, 9.17) is 5.73 Å². The molecular weight excluding hydrogens is 424 g/mol. The van der Waals surface area contributed by atoms with E-state index < -0.39 is 11.6 Å². The van der Waals surface area contributed by atoms with E-state index in [1.807, 2.05) is 51.1 Å². The first-order valence-electron chi connectivity index (χ1n) is 11.4. The SMILES string of the molecule is CC(C)(C)NC(=O)C(c1cccnc1)N(C(=O)c1cccc(N)c1)c1ccc(C(C)(C)C)cc1. The lowest BCUT2D eigenvalue weighted by molar-refractivity contribution is -0.123. The normalized spacial score (nSPS) is 12.6. The third-order valence-electron chi connectivity index (χ3n) is 5.37. The van der Waals surface area contributed by atoms with Crippen molar-refractivity contribution in [1.29, 1.82) is 0 Å². The molecule has 178 valence electrons. The van der Waals surface area contributed by atoms with Crippen LogP contribution in [-0.4, -0.2) is 22.3 Å². The average molecular weight is 459 g/mol. The van der Waals surface area contributed by atoms with Crippen LogP contribution < -0.4 is 16.0 Å². The van der Waals surface area contributed by atoms with Crippen molar-refractivity contribution in [2.45, 2.75) is 58.5 Å². The third kappa shape index (κ3) is 6.01. The van der Waals surface area contributed by atoms with E-state index in [1.54, 1.807) is 42.7 Å². The van der Waals surface area contributed by atoms with Crippen LogP contribution in [0.4, 0.5) is 11.4 Å². The summed E-state index contributed by atoms with van der Waals surface area (Å²) in [6.07, 6.45) is 3.26. The highest BCUT2D eigenvalue weighted by molar-refractivity contribution is 6.10. The van der Waals surface area contributed by atoms with Crippen LogP contribution in [0.1, 0.15) is 69.1 Å². The van der Waals surface area contributed by atoms with Gasteiger partial charge in [-0.3, -0.25) is 19.5 Å². The van der Waals surface area contributed by atoms with E-state index in [9.17, 15) is 9.59 Å². The fraction of sp³-hybridized carbons (Fsp3) is 0.321. The Morgan fingerprint density at radius 3 is 2.15 bits per heavy atom. The molecule has 0 fully saturated rings. The molecule has 0 aliphatic heterocycles. The van der Waals surface area contributed by atoms with E-state index in [1.165, 1.54) is 4.90 Å². The van der Waals surface area contributed by atoms with Crippen LogP contribution in [0.25, 0.3) is 0 Å². The number of carbonyl (C=O) groups is 2. The van der Waals surface area contributed by atoms with Crippen molar-refractivity contribution in [2.24, 2.45) is 0 Å². The molecule has 1 atom stereocenters. The number of amides is 2. The number of hydrogen-bond donors (Lipinski definition) is 2. The van der Waals surface area contributed by atoms with Crippen molar-refractivity contribution < 1.29 is 9.59 Å². The van der Waals surface area contributed by atoms with Gasteiger partial charge in [0.05, 0.1) is 0 Å². The number of nitrogens with zero attached hydrogens (tertiary/aromatic N) is 2. The lowest BCUT2D eigenvalue weighted by Gasteiger charge is -2.34. The Labute approximate surface area is 202 Å². The lowest BCUT2D eigenvalue weighted by atomic mass is 9.87. The van der Waals surface area contributed by atoms with Crippen molar-refractivity contribution in [2.75, 3.05) is 10.6 Å². The topological polar surface area (TPSA) is 88.3 Å². The number of anilines is 2. The molecule has 3 N–H and O–H groups in total. The van der Waals surface area contributed by atoms with Crippen molar-refractivity contribution >= 4 is 23.2 Å². The Morgan fingerprint density at radius 2 is 1.62 bits per heavy atom. The smallest absolute Gasteiger partial charge is 0.259 e. The fourth-order valence-corrected chi connectivity index (χ4v) is 3.71. The number of nitrogen functional groups attached to an aromatic ring is 1. The molecular formula is C28H34N4O2. The lowest BCUT2D eigenvalue weighted by Crippen LogP contribution is -2.49. The number of aromatic nitrogens is 1. The summed E-state index contributed by atoms with van der Waals surface area (Å²) in [5, 5.41) is 3.04. The van der Waals surface area contributed by atoms with Crippen molar-refractivity contribution in [3.05, 3.63) is 89.7 Å². The van der Waals surface area contributed by atoms with Crippen LogP contribution in [0.15, 0.2) is 73.1 Å². The van der Waals surface area contributed by atoms with Crippen LogP contribution in [0.5, 0.6) is 0 Å². The van der Waals surface area contributed by atoms with Gasteiger partial charge < -0.3 is 11.1 Å². The molecule has 6 nitrogen and oxygen atoms in total. The molecule has 3 aromatic rings. The number of benzene rings is 2. The Balaban J connectivity index is 2.20. The number of hydrogen-bond acceptors (Lipinski definition) is 4. The van der Waals surface area contributed by atoms with Crippen LogP contribution in [0, 0.1) is 0 Å². The van der Waals surface area contributed by atoms with E-state index in [0.717, 1.165) is 5.56 Å². The first kappa shape index (κ1) is 25.0. The number of pyridine rings is 1. The predicted octanol–water partition coefficient (Wildman–Crippen LogP) is 5.26. The third-order valence-corrected chi connectivity index (χ3v) is 5.37. The van der Waals surface area contributed by atoms with Gasteiger partial charge in [0.2, 0.25) is 5.91 Å². The number of nitrogens with one attached hydrogen (secondary N) is 1. The molecule has 2 amide bonds. The summed E-state index contributed by atoms with van der Waals surface area (Å²) < 4.78 is 0. The minimum absolute atomic E-state index is 0.0480. The molecule has 0 spiro atoms. The highest BCUT2D eigenvalue weighted by Gasteiger charge is 2.35. The minimum atomic E-state index is -0.928. The molecule has 34 heavy (non-hydrogen) atoms. The van der Waals surface area contributed by atoms with Crippen molar-refractivity contribution in [3.63, 3.8) is 0 Å². The molecule has 0 saturated heterocycles. The van der Waals surface area contributed by atoms with Crippen molar-refractivity contribution in [1.82, 2.24) is 10.3 Å². The molecule has 0 aliphatic rings. The quantitative estimate of drug-likeness (QED) is 0.510. The molecule has 1 aromatic heterocycles. The van der Waals surface area contributed by atoms with Gasteiger partial charge in [0, 0.05) is 40.4 Å². The highest BCUT2D eigenvalue weighted by Crippen LogP contribution is 2.32. The monoisotopic (exact) mass is 458 g/mol. The van der Waals surface area contributed by atoms with Crippen LogP contribution >= 0.6 is 0 Å². The van der Waals surface area contributed by atoms with E-state index >= 15 is 0 Å². The van der Waals surface area contributed by atoms with E-state index in [2.05, 4.69) is 31.1 Å². The molecule has 1 heterocycles. The molecule has 0 radical (unpaired) electrons. The number of rotatable bonds is 5. The molecule has 6 heteroatoms. The van der Waals surface area contributed by atoms with Gasteiger partial charge in [-0.25, -0.2) is 0 Å². The maximum atomic E-state index is 13.9. The summed E-state index contributed by atoms with van der Waals surface area (Å²) in [6, 6.07) is 17.2. The van der Waals surface area contributed by atoms with Gasteiger partial charge in [-0.15, -0.1) is 0 Å². The summed E-state index contributed by atoms with van der Waals surface area (Å²) in [7, 11) is 0. The average Bonchev–Trinajstić information content (AvgIpc) is 2.76. The fourth-order valence-electron chi connectivity index (χ4n) is 3.71. The van der Waals surface area contributed by atoms with Gasteiger partial charge in [-0.1, -0.05) is 45.0 Å². The van der Waals surface area contributed by atoms with Gasteiger partial charge in [-0.05, 0) is 68.1 Å². The van der Waals surface area contributed by atoms with Crippen LogP contribution in [0.3, 0.4) is 0 Å². The van der Waals surface area contributed by atoms with Gasteiger partial charge in [0.1, 0.15) is 6.04 Å². The summed E-state index contributed by atoms with van der Waals surface area (Å²) in [5.74, 6) is -0.619. The second kappa shape index (κ2) is 9.67. The summed E-state index contributed by atoms with van der Waals surface area (Å²) in [6.45, 7) is 12.1. The second-order valence-corrected chi connectivity index (χ2v) is 10.5. The second-order valence-electron chi connectivity index (χ2n) is 10.5. The first-order chi connectivity index (χ1) is 15.9. The van der Waals surface area contributed by atoms with Crippen molar-refractivity contribution in [3.8, 4) is 0 Å². The molecule has 0 saturated carbocycles. The van der Waals surface area contributed by atoms with Gasteiger partial charge >= 0.3 is 0 Å². The molecule has 0 bridgehead atoms. The standard InChI is InChI=1S/C28H34N4O2/c1-27(2,3)21-12-14-23(15-13-21)32(26(34)19-9-7-11-22(29)17-19)24(20-10-8-16-30-18-20)25(33)31-28(4,5)6/h7-18,24H,29H2,1-6H3,(H,31,33). The van der Waals surface area contributed by atoms with Crippen LogP contribution in [0.2, 0.25) is 0 Å². The highest BCUT2D eigenvalue weighted by atomic mass is 16.2. The van der Waals surface area contributed by atoms with Gasteiger partial charge in [-0.2, -0.15) is 0 Å². The molecule has 3 rings (SSSR count). The molecule has 2 aromatic carbocycles. The van der Waals surface area contributed by atoms with E-state index in [0.29, 0.717) is 22.5 Å². The Morgan fingerprint density at radius 1 is 0.941 bits per heavy atom. The zero-order valence-electron chi connectivity index (χ0n) is 20.8. The number of nitrogens with two attached hydrogens (primary N) is 1. The Kier molecular flexibility index (Phi) is 7.10. The minimum Gasteiger partial charge on any atom is -0.399 e. The first-order valence-corrected chi connectivity index (χ1v) is 11.4. The number of carbonyl (C=O) groups excluding carboxylic acids is 2. The summed E-state index contributed by atoms with van der Waals surface area (Å²) in [5.41, 5.74) is 8.67. The Hall–Kier alpha value is -3.67. The van der Waals surface area contributed by atoms with E-state index in [-0.39, 0.29) is 17.2 Å². The maximum absolute atomic E-state index is 13.9. The van der Waals surface area contributed by atoms with Gasteiger partial charge in [0.25, 0.3) is 5.91 Å². The molecule has 1 unspecified atom stereocenters. The largest absolute Gasteiger partial charge is 0.399 e. The molecule has 0 aliphatic carbocycles. The predicted molar refractivity (Wildman–Crippen MR) is 138 cm³/mol. The summed E-state index contributed by atoms with van der Waals surface area (Å²) >= 11 is 0. The summed E-state index contributed by atoms with van der Waals surface area (Å²) in [4.78, 5) is 33.3.